The zero-order chi connectivity index (χ0) is 11.3. The van der Waals surface area contributed by atoms with Crippen LogP contribution in [-0.2, 0) is 6.42 Å². The van der Waals surface area contributed by atoms with E-state index < -0.39 is 0 Å². The van der Waals surface area contributed by atoms with E-state index in [0.717, 1.165) is 24.9 Å². The van der Waals surface area contributed by atoms with E-state index in [1.807, 2.05) is 0 Å². The standard InChI is InChI=1S/C12H17ClFN/c1-3-15-9(2)4-5-10-6-7-11(13)8-12(10)14/h6-9,15H,3-5H2,1-2H3. The van der Waals surface area contributed by atoms with Gasteiger partial charge in [0.15, 0.2) is 0 Å². The van der Waals surface area contributed by atoms with E-state index in [4.69, 9.17) is 11.6 Å². The Morgan fingerprint density at radius 2 is 2.20 bits per heavy atom. The molecule has 84 valence electrons. The fourth-order valence-corrected chi connectivity index (χ4v) is 1.71. The van der Waals surface area contributed by atoms with Crippen molar-refractivity contribution in [1.82, 2.24) is 5.32 Å². The summed E-state index contributed by atoms with van der Waals surface area (Å²) in [5, 5.41) is 3.75. The quantitative estimate of drug-likeness (QED) is 0.816. The summed E-state index contributed by atoms with van der Waals surface area (Å²) in [5.74, 6) is -0.203. The second-order valence-electron chi connectivity index (χ2n) is 3.73. The summed E-state index contributed by atoms with van der Waals surface area (Å²) in [4.78, 5) is 0. The third-order valence-electron chi connectivity index (χ3n) is 2.41. The lowest BCUT2D eigenvalue weighted by atomic mass is 10.1. The molecule has 0 aromatic heterocycles. The molecule has 0 aliphatic carbocycles. The van der Waals surface area contributed by atoms with Crippen LogP contribution in [0.2, 0.25) is 5.02 Å². The van der Waals surface area contributed by atoms with Crippen LogP contribution in [0.15, 0.2) is 18.2 Å². The summed E-state index contributed by atoms with van der Waals surface area (Å²) in [6.45, 7) is 5.13. The lowest BCUT2D eigenvalue weighted by Gasteiger charge is -2.12. The van der Waals surface area contributed by atoms with Gasteiger partial charge in [0.2, 0.25) is 0 Å². The first-order valence-electron chi connectivity index (χ1n) is 5.30. The summed E-state index contributed by atoms with van der Waals surface area (Å²) in [6, 6.07) is 5.29. The highest BCUT2D eigenvalue weighted by atomic mass is 35.5. The molecule has 1 aromatic carbocycles. The Morgan fingerprint density at radius 3 is 2.80 bits per heavy atom. The summed E-state index contributed by atoms with van der Waals surface area (Å²) in [7, 11) is 0. The first kappa shape index (κ1) is 12.5. The number of nitrogens with one attached hydrogen (secondary N) is 1. The molecule has 1 aromatic rings. The van der Waals surface area contributed by atoms with Crippen LogP contribution < -0.4 is 5.32 Å². The van der Waals surface area contributed by atoms with Crippen LogP contribution in [0.4, 0.5) is 4.39 Å². The summed E-state index contributed by atoms with van der Waals surface area (Å²) in [5.41, 5.74) is 0.740. The lowest BCUT2D eigenvalue weighted by Crippen LogP contribution is -2.25. The van der Waals surface area contributed by atoms with Crippen molar-refractivity contribution in [3.05, 3.63) is 34.6 Å². The van der Waals surface area contributed by atoms with E-state index in [1.165, 1.54) is 6.07 Å². The number of aryl methyl sites for hydroxylation is 1. The van der Waals surface area contributed by atoms with Crippen molar-refractivity contribution in [3.8, 4) is 0 Å². The fourth-order valence-electron chi connectivity index (χ4n) is 1.55. The fraction of sp³-hybridized carbons (Fsp3) is 0.500. The first-order valence-corrected chi connectivity index (χ1v) is 5.68. The van der Waals surface area contributed by atoms with Gasteiger partial charge in [0.05, 0.1) is 0 Å². The van der Waals surface area contributed by atoms with Crippen molar-refractivity contribution in [2.45, 2.75) is 32.7 Å². The van der Waals surface area contributed by atoms with Gasteiger partial charge in [-0.2, -0.15) is 0 Å². The Morgan fingerprint density at radius 1 is 1.47 bits per heavy atom. The molecule has 0 bridgehead atoms. The summed E-state index contributed by atoms with van der Waals surface area (Å²) >= 11 is 5.68. The van der Waals surface area contributed by atoms with Crippen LogP contribution >= 0.6 is 11.6 Å². The Balaban J connectivity index is 2.50. The molecule has 0 saturated carbocycles. The molecule has 1 nitrogen and oxygen atoms in total. The molecule has 0 aliphatic heterocycles. The Labute approximate surface area is 95.6 Å². The predicted molar refractivity (Wildman–Crippen MR) is 62.9 cm³/mol. The molecule has 0 heterocycles. The molecular weight excluding hydrogens is 213 g/mol. The van der Waals surface area contributed by atoms with Crippen molar-refractivity contribution in [1.29, 1.82) is 0 Å². The number of hydrogen-bond donors (Lipinski definition) is 1. The minimum absolute atomic E-state index is 0.203. The molecule has 0 saturated heterocycles. The summed E-state index contributed by atoms with van der Waals surface area (Å²) in [6.07, 6.45) is 1.68. The van der Waals surface area contributed by atoms with Gasteiger partial charge in [-0.15, -0.1) is 0 Å². The van der Waals surface area contributed by atoms with Crippen molar-refractivity contribution >= 4 is 11.6 Å². The van der Waals surface area contributed by atoms with Gasteiger partial charge in [0, 0.05) is 11.1 Å². The van der Waals surface area contributed by atoms with Crippen LogP contribution in [0.1, 0.15) is 25.8 Å². The van der Waals surface area contributed by atoms with Crippen molar-refractivity contribution in [3.63, 3.8) is 0 Å². The Kier molecular flexibility index (Phi) is 5.06. The average molecular weight is 230 g/mol. The molecular formula is C12H17ClFN. The minimum atomic E-state index is -0.203. The largest absolute Gasteiger partial charge is 0.315 e. The van der Waals surface area contributed by atoms with E-state index in [0.29, 0.717) is 11.1 Å². The van der Waals surface area contributed by atoms with Crippen molar-refractivity contribution in [2.75, 3.05) is 6.54 Å². The Hall–Kier alpha value is -0.600. The average Bonchev–Trinajstić information content (AvgIpc) is 2.17. The van der Waals surface area contributed by atoms with Crippen LogP contribution in [0, 0.1) is 5.82 Å². The zero-order valence-electron chi connectivity index (χ0n) is 9.19. The first-order chi connectivity index (χ1) is 7.13. The van der Waals surface area contributed by atoms with Crippen molar-refractivity contribution in [2.24, 2.45) is 0 Å². The maximum atomic E-state index is 13.4. The lowest BCUT2D eigenvalue weighted by molar-refractivity contribution is 0.520. The molecule has 1 rings (SSSR count). The van der Waals surface area contributed by atoms with Gasteiger partial charge < -0.3 is 5.32 Å². The van der Waals surface area contributed by atoms with Gasteiger partial charge >= 0.3 is 0 Å². The second-order valence-corrected chi connectivity index (χ2v) is 4.17. The van der Waals surface area contributed by atoms with Crippen LogP contribution in [-0.4, -0.2) is 12.6 Å². The maximum Gasteiger partial charge on any atom is 0.127 e. The van der Waals surface area contributed by atoms with E-state index in [-0.39, 0.29) is 5.82 Å². The molecule has 0 amide bonds. The van der Waals surface area contributed by atoms with Crippen LogP contribution in [0.25, 0.3) is 0 Å². The number of halogens is 2. The summed E-state index contributed by atoms with van der Waals surface area (Å²) < 4.78 is 13.4. The smallest absolute Gasteiger partial charge is 0.127 e. The zero-order valence-corrected chi connectivity index (χ0v) is 9.94. The monoisotopic (exact) mass is 229 g/mol. The molecule has 1 unspecified atom stereocenters. The number of benzene rings is 1. The van der Waals surface area contributed by atoms with Gasteiger partial charge in [-0.3, -0.25) is 0 Å². The topological polar surface area (TPSA) is 12.0 Å². The van der Waals surface area contributed by atoms with Gasteiger partial charge in [-0.1, -0.05) is 24.6 Å². The SMILES string of the molecule is CCNC(C)CCc1ccc(Cl)cc1F. The molecule has 0 fully saturated rings. The highest BCUT2D eigenvalue weighted by molar-refractivity contribution is 6.30. The van der Waals surface area contributed by atoms with Crippen LogP contribution in [0.3, 0.4) is 0 Å². The molecule has 0 radical (unpaired) electrons. The van der Waals surface area contributed by atoms with E-state index >= 15 is 0 Å². The number of hydrogen-bond acceptors (Lipinski definition) is 1. The Bertz CT molecular complexity index is 314. The van der Waals surface area contributed by atoms with Gasteiger partial charge in [0.25, 0.3) is 0 Å². The normalized spacial score (nSPS) is 12.8. The minimum Gasteiger partial charge on any atom is -0.315 e. The van der Waals surface area contributed by atoms with Crippen LogP contribution in [0.5, 0.6) is 0 Å². The number of rotatable bonds is 5. The molecule has 1 N–H and O–H groups in total. The van der Waals surface area contributed by atoms with E-state index in [1.54, 1.807) is 12.1 Å². The highest BCUT2D eigenvalue weighted by Crippen LogP contribution is 2.16. The van der Waals surface area contributed by atoms with Gasteiger partial charge in [0.1, 0.15) is 5.82 Å². The third-order valence-corrected chi connectivity index (χ3v) is 2.65. The highest BCUT2D eigenvalue weighted by Gasteiger charge is 2.05. The molecule has 0 spiro atoms. The maximum absolute atomic E-state index is 13.4. The molecule has 1 atom stereocenters. The molecule has 15 heavy (non-hydrogen) atoms. The molecule has 3 heteroatoms. The molecule has 0 aliphatic rings. The van der Waals surface area contributed by atoms with Gasteiger partial charge in [-0.25, -0.2) is 4.39 Å². The van der Waals surface area contributed by atoms with E-state index in [2.05, 4.69) is 19.2 Å². The second kappa shape index (κ2) is 6.09. The van der Waals surface area contributed by atoms with Gasteiger partial charge in [-0.05, 0) is 44.0 Å². The van der Waals surface area contributed by atoms with Crippen molar-refractivity contribution < 1.29 is 4.39 Å². The third kappa shape index (κ3) is 4.18. The predicted octanol–water partition coefficient (Wildman–Crippen LogP) is 3.41. The van der Waals surface area contributed by atoms with E-state index in [9.17, 15) is 4.39 Å².